The van der Waals surface area contributed by atoms with Crippen molar-refractivity contribution in [1.29, 1.82) is 0 Å². The molecule has 1 atom stereocenters. The summed E-state index contributed by atoms with van der Waals surface area (Å²) in [6.45, 7) is 5.80. The zero-order chi connectivity index (χ0) is 13.8. The smallest absolute Gasteiger partial charge is 0.237 e. The van der Waals surface area contributed by atoms with E-state index in [-0.39, 0.29) is 11.9 Å². The second-order valence-corrected chi connectivity index (χ2v) is 5.74. The quantitative estimate of drug-likeness (QED) is 0.674. The Kier molecular flexibility index (Phi) is 5.09. The molecule has 1 heterocycles. The van der Waals surface area contributed by atoms with Gasteiger partial charge in [0.1, 0.15) is 0 Å². The summed E-state index contributed by atoms with van der Waals surface area (Å²) in [5, 5.41) is 15.1. The third kappa shape index (κ3) is 3.95. The maximum Gasteiger partial charge on any atom is 0.237 e. The topological polar surface area (TPSA) is 98.7 Å². The maximum absolute atomic E-state index is 11.5. The minimum Gasteiger partial charge on any atom is -0.368 e. The van der Waals surface area contributed by atoms with Gasteiger partial charge < -0.3 is 11.1 Å². The lowest BCUT2D eigenvalue weighted by Gasteiger charge is -2.29. The molecule has 0 saturated heterocycles. The second-order valence-electron chi connectivity index (χ2n) is 4.68. The highest BCUT2D eigenvalue weighted by Crippen LogP contribution is 2.19. The van der Waals surface area contributed by atoms with E-state index in [1.54, 1.807) is 11.7 Å². The lowest BCUT2D eigenvalue weighted by molar-refractivity contribution is -0.124. The molecule has 3 N–H and O–H groups in total. The highest BCUT2D eigenvalue weighted by Gasteiger charge is 2.31. The van der Waals surface area contributed by atoms with Crippen molar-refractivity contribution in [3.8, 4) is 0 Å². The number of aromatic nitrogens is 4. The molecule has 0 spiro atoms. The van der Waals surface area contributed by atoms with Crippen LogP contribution in [0.5, 0.6) is 0 Å². The lowest BCUT2D eigenvalue weighted by Crippen LogP contribution is -2.55. The zero-order valence-electron chi connectivity index (χ0n) is 11.2. The van der Waals surface area contributed by atoms with Gasteiger partial charge in [0.2, 0.25) is 11.1 Å². The molecule has 7 nitrogen and oxygen atoms in total. The fraction of sp³-hybridized carbons (Fsp3) is 0.800. The Morgan fingerprint density at radius 1 is 1.61 bits per heavy atom. The lowest BCUT2D eigenvalue weighted by atomic mass is 9.97. The van der Waals surface area contributed by atoms with Crippen LogP contribution in [0.1, 0.15) is 27.2 Å². The Bertz CT molecular complexity index is 407. The van der Waals surface area contributed by atoms with Crippen molar-refractivity contribution in [2.24, 2.45) is 12.8 Å². The molecule has 0 saturated carbocycles. The molecule has 1 rings (SSSR count). The monoisotopic (exact) mass is 272 g/mol. The largest absolute Gasteiger partial charge is 0.368 e. The molecule has 1 aromatic rings. The number of aryl methyl sites for hydroxylation is 1. The maximum atomic E-state index is 11.5. The average Bonchev–Trinajstić information content (AvgIpc) is 2.63. The molecule has 1 aromatic heterocycles. The standard InChI is InChI=1S/C10H20N6OS/c1-7(2)12-10(3,8(11)17)5-6-18-9-13-14-15-16(9)4/h7,12H,5-6H2,1-4H3,(H2,11,17). The van der Waals surface area contributed by atoms with Gasteiger partial charge in [0.25, 0.3) is 0 Å². The molecular weight excluding hydrogens is 252 g/mol. The van der Waals surface area contributed by atoms with Crippen LogP contribution in [0.4, 0.5) is 0 Å². The summed E-state index contributed by atoms with van der Waals surface area (Å²) in [7, 11) is 1.78. The number of hydrogen-bond acceptors (Lipinski definition) is 6. The van der Waals surface area contributed by atoms with Crippen LogP contribution < -0.4 is 11.1 Å². The van der Waals surface area contributed by atoms with E-state index in [4.69, 9.17) is 5.73 Å². The molecule has 0 bridgehead atoms. The van der Waals surface area contributed by atoms with Crippen LogP contribution in [-0.2, 0) is 11.8 Å². The number of hydrogen-bond donors (Lipinski definition) is 2. The van der Waals surface area contributed by atoms with Crippen molar-refractivity contribution in [2.45, 2.75) is 43.9 Å². The SMILES string of the molecule is CC(C)NC(C)(CCSc1nnnn1C)C(N)=O. The highest BCUT2D eigenvalue weighted by molar-refractivity contribution is 7.99. The van der Waals surface area contributed by atoms with E-state index in [1.807, 2.05) is 20.8 Å². The Morgan fingerprint density at radius 2 is 2.28 bits per heavy atom. The molecule has 0 aliphatic rings. The predicted octanol–water partition coefficient (Wildman–Crippen LogP) is -0.0657. The van der Waals surface area contributed by atoms with Gasteiger partial charge in [-0.15, -0.1) is 5.10 Å². The zero-order valence-corrected chi connectivity index (χ0v) is 12.0. The summed E-state index contributed by atoms with van der Waals surface area (Å²) in [5.74, 6) is 0.376. The van der Waals surface area contributed by atoms with Gasteiger partial charge in [0.15, 0.2) is 0 Å². The number of nitrogens with zero attached hydrogens (tertiary/aromatic N) is 4. The van der Waals surface area contributed by atoms with Gasteiger partial charge >= 0.3 is 0 Å². The highest BCUT2D eigenvalue weighted by atomic mass is 32.2. The predicted molar refractivity (Wildman–Crippen MR) is 70.0 cm³/mol. The van der Waals surface area contributed by atoms with Crippen molar-refractivity contribution in [3.05, 3.63) is 0 Å². The molecule has 0 fully saturated rings. The molecule has 1 unspecified atom stereocenters. The average molecular weight is 272 g/mol. The number of carbonyl (C=O) groups is 1. The first kappa shape index (κ1) is 14.9. The Morgan fingerprint density at radius 3 is 2.72 bits per heavy atom. The van der Waals surface area contributed by atoms with E-state index in [9.17, 15) is 4.79 Å². The molecule has 18 heavy (non-hydrogen) atoms. The molecule has 102 valence electrons. The minimum absolute atomic E-state index is 0.198. The Balaban J connectivity index is 2.53. The number of nitrogens with one attached hydrogen (secondary N) is 1. The number of rotatable bonds is 7. The summed E-state index contributed by atoms with van der Waals surface area (Å²) in [6, 6.07) is 0.198. The van der Waals surface area contributed by atoms with Gasteiger partial charge in [-0.25, -0.2) is 4.68 Å². The number of thioether (sulfide) groups is 1. The van der Waals surface area contributed by atoms with Gasteiger partial charge in [0.05, 0.1) is 5.54 Å². The van der Waals surface area contributed by atoms with Crippen LogP contribution in [-0.4, -0.2) is 43.4 Å². The van der Waals surface area contributed by atoms with Gasteiger partial charge in [0, 0.05) is 18.8 Å². The molecular formula is C10H20N6OS. The van der Waals surface area contributed by atoms with E-state index in [1.165, 1.54) is 11.8 Å². The first-order valence-electron chi connectivity index (χ1n) is 5.78. The van der Waals surface area contributed by atoms with Gasteiger partial charge in [-0.05, 0) is 37.6 Å². The first-order chi connectivity index (χ1) is 8.35. The molecule has 8 heteroatoms. The van der Waals surface area contributed by atoms with Crippen LogP contribution in [0.15, 0.2) is 5.16 Å². The normalized spacial score (nSPS) is 14.7. The minimum atomic E-state index is -0.701. The van der Waals surface area contributed by atoms with Crippen LogP contribution in [0, 0.1) is 0 Å². The summed E-state index contributed by atoms with van der Waals surface area (Å²) in [5.41, 5.74) is 4.75. The summed E-state index contributed by atoms with van der Waals surface area (Å²) >= 11 is 1.50. The Labute approximate surface area is 111 Å². The fourth-order valence-corrected chi connectivity index (χ4v) is 2.60. The molecule has 0 aliphatic heterocycles. The van der Waals surface area contributed by atoms with Crippen molar-refractivity contribution < 1.29 is 4.79 Å². The second kappa shape index (κ2) is 6.14. The molecule has 0 aliphatic carbocycles. The first-order valence-corrected chi connectivity index (χ1v) is 6.76. The summed E-state index contributed by atoms with van der Waals surface area (Å²) in [6.07, 6.45) is 0.623. The fourth-order valence-electron chi connectivity index (χ4n) is 1.59. The Hall–Kier alpha value is -1.15. The summed E-state index contributed by atoms with van der Waals surface area (Å²) in [4.78, 5) is 11.5. The van der Waals surface area contributed by atoms with Crippen LogP contribution >= 0.6 is 11.8 Å². The number of primary amides is 1. The van der Waals surface area contributed by atoms with Crippen LogP contribution in [0.25, 0.3) is 0 Å². The van der Waals surface area contributed by atoms with Crippen LogP contribution in [0.3, 0.4) is 0 Å². The van der Waals surface area contributed by atoms with Gasteiger partial charge in [-0.1, -0.05) is 11.8 Å². The van der Waals surface area contributed by atoms with Crippen molar-refractivity contribution in [2.75, 3.05) is 5.75 Å². The number of tetrazole rings is 1. The van der Waals surface area contributed by atoms with Crippen molar-refractivity contribution in [3.63, 3.8) is 0 Å². The third-order valence-electron chi connectivity index (χ3n) is 2.57. The van der Waals surface area contributed by atoms with E-state index in [2.05, 4.69) is 20.8 Å². The van der Waals surface area contributed by atoms with Gasteiger partial charge in [-0.3, -0.25) is 4.79 Å². The van der Waals surface area contributed by atoms with E-state index in [0.717, 1.165) is 5.16 Å². The molecule has 0 radical (unpaired) electrons. The summed E-state index contributed by atoms with van der Waals surface area (Å²) < 4.78 is 1.60. The molecule has 1 amide bonds. The molecule has 0 aromatic carbocycles. The van der Waals surface area contributed by atoms with E-state index < -0.39 is 5.54 Å². The van der Waals surface area contributed by atoms with E-state index in [0.29, 0.717) is 12.2 Å². The third-order valence-corrected chi connectivity index (χ3v) is 3.58. The van der Waals surface area contributed by atoms with Crippen LogP contribution in [0.2, 0.25) is 0 Å². The number of carbonyl (C=O) groups excluding carboxylic acids is 1. The number of amides is 1. The van der Waals surface area contributed by atoms with E-state index >= 15 is 0 Å². The number of nitrogens with two attached hydrogens (primary N) is 1. The van der Waals surface area contributed by atoms with Gasteiger partial charge in [-0.2, -0.15) is 0 Å². The van der Waals surface area contributed by atoms with Crippen molar-refractivity contribution >= 4 is 17.7 Å². The van der Waals surface area contributed by atoms with Crippen molar-refractivity contribution in [1.82, 2.24) is 25.5 Å².